The van der Waals surface area contributed by atoms with Gasteiger partial charge in [-0.3, -0.25) is 10.1 Å². The van der Waals surface area contributed by atoms with Gasteiger partial charge in [0.1, 0.15) is 5.75 Å². The Balaban J connectivity index is 1.60. The summed E-state index contributed by atoms with van der Waals surface area (Å²) < 4.78 is 6.75. The third kappa shape index (κ3) is 3.73. The predicted octanol–water partition coefficient (Wildman–Crippen LogP) is 1.19. The quantitative estimate of drug-likeness (QED) is 0.871. The van der Waals surface area contributed by atoms with Crippen molar-refractivity contribution in [3.05, 3.63) is 47.0 Å². The number of para-hydroxylation sites is 2. The largest absolute Gasteiger partial charge is 0.495 e. The van der Waals surface area contributed by atoms with E-state index >= 15 is 0 Å². The average molecular weight is 343 g/mol. The molecule has 1 atom stereocenters. The minimum Gasteiger partial charge on any atom is -0.495 e. The molecule has 0 spiro atoms. The van der Waals surface area contributed by atoms with E-state index in [0.717, 1.165) is 24.4 Å². The second kappa shape index (κ2) is 7.25. The summed E-state index contributed by atoms with van der Waals surface area (Å²) in [7, 11) is 3.25. The summed E-state index contributed by atoms with van der Waals surface area (Å²) in [5.74, 6) is 0.826. The first-order valence-corrected chi connectivity index (χ1v) is 8.05. The van der Waals surface area contributed by atoms with Gasteiger partial charge in [0.2, 0.25) is 5.82 Å². The van der Waals surface area contributed by atoms with E-state index in [9.17, 15) is 9.59 Å². The molecule has 3 rings (SSSR count). The number of hydrogen-bond acceptors (Lipinski definition) is 5. The fraction of sp³-hybridized carbons (Fsp3) is 0.353. The van der Waals surface area contributed by atoms with Crippen molar-refractivity contribution in [2.45, 2.75) is 12.5 Å². The highest BCUT2D eigenvalue weighted by atomic mass is 16.5. The highest BCUT2D eigenvalue weighted by Crippen LogP contribution is 2.30. The molecule has 1 aromatic carbocycles. The molecule has 8 nitrogen and oxygen atoms in total. The van der Waals surface area contributed by atoms with Crippen LogP contribution in [0.3, 0.4) is 0 Å². The van der Waals surface area contributed by atoms with E-state index in [1.165, 1.54) is 17.0 Å². The molecule has 1 aliphatic heterocycles. The lowest BCUT2D eigenvalue weighted by Crippen LogP contribution is -2.41. The Kier molecular flexibility index (Phi) is 4.87. The van der Waals surface area contributed by atoms with Gasteiger partial charge in [-0.25, -0.2) is 9.78 Å². The number of aromatic nitrogens is 2. The molecule has 8 heteroatoms. The normalized spacial score (nSPS) is 16.6. The van der Waals surface area contributed by atoms with Crippen LogP contribution in [0.1, 0.15) is 6.42 Å². The van der Waals surface area contributed by atoms with Crippen LogP contribution in [0.2, 0.25) is 0 Å². The lowest BCUT2D eigenvalue weighted by molar-refractivity contribution is 0.249. The number of benzene rings is 1. The Morgan fingerprint density at radius 3 is 2.96 bits per heavy atom. The molecule has 2 aromatic rings. The molecule has 1 aromatic heterocycles. The summed E-state index contributed by atoms with van der Waals surface area (Å²) in [6, 6.07) is 7.36. The number of urea groups is 1. The monoisotopic (exact) mass is 343 g/mol. The summed E-state index contributed by atoms with van der Waals surface area (Å²) in [6.07, 6.45) is 3.81. The second-order valence-electron chi connectivity index (χ2n) is 5.89. The number of anilines is 2. The molecule has 0 unspecified atom stereocenters. The number of methoxy groups -OCH3 is 1. The lowest BCUT2D eigenvalue weighted by atomic mass is 10.2. The summed E-state index contributed by atoms with van der Waals surface area (Å²) >= 11 is 0. The zero-order valence-corrected chi connectivity index (χ0v) is 14.2. The van der Waals surface area contributed by atoms with Gasteiger partial charge in [-0.05, 0) is 18.6 Å². The Bertz CT molecular complexity index is 820. The molecule has 2 N–H and O–H groups in total. The van der Waals surface area contributed by atoms with Crippen LogP contribution in [0.15, 0.2) is 41.5 Å². The summed E-state index contributed by atoms with van der Waals surface area (Å²) in [4.78, 5) is 30.1. The highest BCUT2D eigenvalue weighted by molar-refractivity contribution is 5.88. The van der Waals surface area contributed by atoms with Crippen molar-refractivity contribution in [3.8, 4) is 5.75 Å². The third-order valence-electron chi connectivity index (χ3n) is 4.20. The van der Waals surface area contributed by atoms with Crippen molar-refractivity contribution in [1.29, 1.82) is 0 Å². The van der Waals surface area contributed by atoms with Crippen molar-refractivity contribution in [2.75, 3.05) is 30.4 Å². The van der Waals surface area contributed by atoms with Crippen LogP contribution in [0.25, 0.3) is 0 Å². The van der Waals surface area contributed by atoms with Crippen LogP contribution in [0, 0.1) is 0 Å². The second-order valence-corrected chi connectivity index (χ2v) is 5.89. The van der Waals surface area contributed by atoms with E-state index in [1.54, 1.807) is 14.2 Å². The number of carbonyl (C=O) groups excluding carboxylic acids is 1. The topological polar surface area (TPSA) is 88.5 Å². The van der Waals surface area contributed by atoms with Gasteiger partial charge in [-0.2, -0.15) is 0 Å². The van der Waals surface area contributed by atoms with E-state index < -0.39 is 6.03 Å². The number of amides is 2. The third-order valence-corrected chi connectivity index (χ3v) is 4.20. The number of aryl methyl sites for hydroxylation is 1. The van der Waals surface area contributed by atoms with E-state index in [1.807, 2.05) is 24.3 Å². The number of ether oxygens (including phenoxy) is 1. The van der Waals surface area contributed by atoms with Crippen LogP contribution in [-0.2, 0) is 7.05 Å². The smallest absolute Gasteiger partial charge is 0.320 e. The van der Waals surface area contributed by atoms with Crippen LogP contribution < -0.4 is 25.8 Å². The van der Waals surface area contributed by atoms with E-state index in [0.29, 0.717) is 6.54 Å². The number of carbonyl (C=O) groups is 1. The Morgan fingerprint density at radius 2 is 2.16 bits per heavy atom. The summed E-state index contributed by atoms with van der Waals surface area (Å²) in [6.45, 7) is 1.49. The minimum atomic E-state index is -0.428. The molecular weight excluding hydrogens is 322 g/mol. The molecule has 0 radical (unpaired) electrons. The van der Waals surface area contributed by atoms with Gasteiger partial charge in [0.05, 0.1) is 12.8 Å². The number of hydrogen-bond donors (Lipinski definition) is 2. The highest BCUT2D eigenvalue weighted by Gasteiger charge is 2.26. The van der Waals surface area contributed by atoms with Crippen molar-refractivity contribution in [3.63, 3.8) is 0 Å². The Hall–Kier alpha value is -3.03. The lowest BCUT2D eigenvalue weighted by Gasteiger charge is -2.21. The summed E-state index contributed by atoms with van der Waals surface area (Å²) in [5.41, 5.74) is 0.660. The van der Waals surface area contributed by atoms with Crippen LogP contribution in [-0.4, -0.2) is 41.8 Å². The van der Waals surface area contributed by atoms with Crippen molar-refractivity contribution >= 4 is 17.5 Å². The van der Waals surface area contributed by atoms with Crippen LogP contribution >= 0.6 is 0 Å². The predicted molar refractivity (Wildman–Crippen MR) is 95.2 cm³/mol. The first-order valence-electron chi connectivity index (χ1n) is 8.05. The SMILES string of the molecule is COc1ccccc1N1CC[C@@H](NC(=O)Nc2nccn(C)c2=O)C1. The maximum Gasteiger partial charge on any atom is 0.320 e. The molecule has 0 saturated carbocycles. The van der Waals surface area contributed by atoms with Gasteiger partial charge >= 0.3 is 6.03 Å². The Labute approximate surface area is 145 Å². The Morgan fingerprint density at radius 1 is 1.36 bits per heavy atom. The van der Waals surface area contributed by atoms with E-state index in [-0.39, 0.29) is 17.4 Å². The van der Waals surface area contributed by atoms with E-state index in [2.05, 4.69) is 20.5 Å². The van der Waals surface area contributed by atoms with Crippen molar-refractivity contribution in [2.24, 2.45) is 7.05 Å². The fourth-order valence-electron chi connectivity index (χ4n) is 2.90. The van der Waals surface area contributed by atoms with Gasteiger partial charge in [0.25, 0.3) is 5.56 Å². The molecule has 25 heavy (non-hydrogen) atoms. The first-order chi connectivity index (χ1) is 12.1. The molecule has 2 amide bonds. The minimum absolute atomic E-state index is 0.0158. The standard InChI is InChI=1S/C17H21N5O3/c1-21-10-8-18-15(16(21)23)20-17(24)19-12-7-9-22(11-12)13-5-3-4-6-14(13)25-2/h3-6,8,10,12H,7,9,11H2,1-2H3,(H2,18,19,20,24)/t12-/m1/s1. The molecule has 0 aliphatic carbocycles. The van der Waals surface area contributed by atoms with E-state index in [4.69, 9.17) is 4.74 Å². The zero-order chi connectivity index (χ0) is 17.8. The van der Waals surface area contributed by atoms with Crippen LogP contribution in [0.5, 0.6) is 5.75 Å². The van der Waals surface area contributed by atoms with Crippen LogP contribution in [0.4, 0.5) is 16.3 Å². The van der Waals surface area contributed by atoms with Crippen molar-refractivity contribution < 1.29 is 9.53 Å². The molecule has 132 valence electrons. The van der Waals surface area contributed by atoms with Gasteiger partial charge in [0, 0.05) is 38.6 Å². The average Bonchev–Trinajstić information content (AvgIpc) is 3.07. The van der Waals surface area contributed by atoms with Gasteiger partial charge in [-0.15, -0.1) is 0 Å². The molecule has 1 saturated heterocycles. The van der Waals surface area contributed by atoms with Gasteiger partial charge in [0.15, 0.2) is 0 Å². The molecular formula is C17H21N5O3. The number of nitrogens with one attached hydrogen (secondary N) is 2. The van der Waals surface area contributed by atoms with Gasteiger partial charge < -0.3 is 19.5 Å². The molecule has 1 fully saturated rings. The van der Waals surface area contributed by atoms with Gasteiger partial charge in [-0.1, -0.05) is 12.1 Å². The number of nitrogens with zero attached hydrogens (tertiary/aromatic N) is 3. The fourth-order valence-corrected chi connectivity index (χ4v) is 2.90. The molecule has 1 aliphatic rings. The summed E-state index contributed by atoms with van der Waals surface area (Å²) in [5, 5.41) is 5.41. The maximum atomic E-state index is 12.1. The zero-order valence-electron chi connectivity index (χ0n) is 14.2. The van der Waals surface area contributed by atoms with Crippen molar-refractivity contribution in [1.82, 2.24) is 14.9 Å². The maximum absolute atomic E-state index is 12.1. The molecule has 2 heterocycles. The molecule has 0 bridgehead atoms. The number of rotatable bonds is 4. The first kappa shape index (κ1) is 16.8.